The van der Waals surface area contributed by atoms with Crippen molar-refractivity contribution in [3.05, 3.63) is 35.7 Å². The van der Waals surface area contributed by atoms with Gasteiger partial charge in [0, 0.05) is 11.6 Å². The van der Waals surface area contributed by atoms with E-state index in [1.807, 2.05) is 0 Å². The van der Waals surface area contributed by atoms with Gasteiger partial charge in [-0.25, -0.2) is 4.79 Å². The predicted molar refractivity (Wildman–Crippen MR) is 72.8 cm³/mol. The van der Waals surface area contributed by atoms with E-state index in [1.54, 1.807) is 25.2 Å². The normalized spacial score (nSPS) is 10.8. The minimum absolute atomic E-state index is 0.133. The van der Waals surface area contributed by atoms with E-state index in [1.165, 1.54) is 18.0 Å². The lowest BCUT2D eigenvalue weighted by atomic mass is 10.1. The van der Waals surface area contributed by atoms with Gasteiger partial charge in [-0.05, 0) is 29.5 Å². The Morgan fingerprint density at radius 2 is 2.29 bits per heavy atom. The van der Waals surface area contributed by atoms with E-state index < -0.39 is 5.97 Å². The van der Waals surface area contributed by atoms with Crippen molar-refractivity contribution in [1.82, 2.24) is 20.2 Å². The first-order valence-corrected chi connectivity index (χ1v) is 6.03. The maximum absolute atomic E-state index is 10.6. The zero-order valence-corrected chi connectivity index (χ0v) is 11.6. The summed E-state index contributed by atoms with van der Waals surface area (Å²) < 4.78 is 10.7. The van der Waals surface area contributed by atoms with E-state index in [0.717, 1.165) is 6.08 Å². The van der Waals surface area contributed by atoms with Crippen molar-refractivity contribution in [2.45, 2.75) is 6.61 Å². The summed E-state index contributed by atoms with van der Waals surface area (Å²) in [4.78, 5) is 12.0. The molecule has 1 aromatic carbocycles. The lowest BCUT2D eigenvalue weighted by Crippen LogP contribution is -2.00. The van der Waals surface area contributed by atoms with Crippen molar-refractivity contribution in [3.63, 3.8) is 0 Å². The Balaban J connectivity index is 2.18. The Bertz CT molecular complexity index is 666. The second-order valence-electron chi connectivity index (χ2n) is 4.06. The third kappa shape index (κ3) is 4.03. The van der Waals surface area contributed by atoms with Gasteiger partial charge in [-0.15, -0.1) is 10.2 Å². The second-order valence-corrected chi connectivity index (χ2v) is 4.06. The Kier molecular flexibility index (Phi) is 4.50. The average Bonchev–Trinajstić information content (AvgIpc) is 2.88. The highest BCUT2D eigenvalue weighted by Crippen LogP contribution is 2.26. The molecule has 0 saturated carbocycles. The first-order chi connectivity index (χ1) is 10.1. The standard InChI is InChI=1S/C13H14N4O4/c1-17-15-12(14-16-17)8-21-11-5-4-10(20-2)7-9(11)3-6-13(18)19/h3-7H,8H2,1-2H3,(H,18,19)/b6-3+. The quantitative estimate of drug-likeness (QED) is 0.789. The summed E-state index contributed by atoms with van der Waals surface area (Å²) in [5.41, 5.74) is 0.584. The number of ether oxygens (including phenoxy) is 2. The number of aromatic nitrogens is 4. The Morgan fingerprint density at radius 1 is 1.48 bits per heavy atom. The molecule has 0 aliphatic heterocycles. The van der Waals surface area contributed by atoms with Crippen molar-refractivity contribution in [2.75, 3.05) is 7.11 Å². The van der Waals surface area contributed by atoms with Crippen LogP contribution in [0.1, 0.15) is 11.4 Å². The van der Waals surface area contributed by atoms with Crippen LogP contribution in [0.4, 0.5) is 0 Å². The van der Waals surface area contributed by atoms with Crippen LogP contribution in [0, 0.1) is 0 Å². The number of aliphatic carboxylic acids is 1. The number of nitrogens with zero attached hydrogens (tertiary/aromatic N) is 4. The monoisotopic (exact) mass is 290 g/mol. The van der Waals surface area contributed by atoms with Gasteiger partial charge in [-0.1, -0.05) is 0 Å². The van der Waals surface area contributed by atoms with Crippen LogP contribution >= 0.6 is 0 Å². The highest BCUT2D eigenvalue weighted by atomic mass is 16.5. The molecule has 8 heteroatoms. The van der Waals surface area contributed by atoms with Gasteiger partial charge < -0.3 is 14.6 Å². The molecule has 0 unspecified atom stereocenters. The van der Waals surface area contributed by atoms with Crippen LogP contribution in [0.2, 0.25) is 0 Å². The molecular formula is C13H14N4O4. The molecule has 0 aliphatic rings. The summed E-state index contributed by atoms with van der Waals surface area (Å²) in [6, 6.07) is 5.09. The SMILES string of the molecule is COc1ccc(OCc2nnn(C)n2)c(/C=C/C(=O)O)c1. The molecule has 2 aromatic rings. The smallest absolute Gasteiger partial charge is 0.328 e. The second kappa shape index (κ2) is 6.51. The molecule has 0 amide bonds. The summed E-state index contributed by atoms with van der Waals surface area (Å²) in [5, 5.41) is 20.2. The number of aryl methyl sites for hydroxylation is 1. The van der Waals surface area contributed by atoms with Gasteiger partial charge in [0.05, 0.1) is 14.2 Å². The van der Waals surface area contributed by atoms with Crippen molar-refractivity contribution in [2.24, 2.45) is 7.05 Å². The summed E-state index contributed by atoms with van der Waals surface area (Å²) in [5.74, 6) is 0.492. The van der Waals surface area contributed by atoms with Gasteiger partial charge in [0.25, 0.3) is 0 Å². The molecule has 0 fully saturated rings. The van der Waals surface area contributed by atoms with Gasteiger partial charge in [0.15, 0.2) is 6.61 Å². The number of hydrogen-bond acceptors (Lipinski definition) is 6. The lowest BCUT2D eigenvalue weighted by Gasteiger charge is -2.09. The van der Waals surface area contributed by atoms with Crippen LogP contribution in [-0.2, 0) is 18.4 Å². The molecule has 0 saturated heterocycles. The number of tetrazole rings is 1. The van der Waals surface area contributed by atoms with E-state index >= 15 is 0 Å². The summed E-state index contributed by atoms with van der Waals surface area (Å²) >= 11 is 0. The summed E-state index contributed by atoms with van der Waals surface area (Å²) in [6.45, 7) is 0.133. The highest BCUT2D eigenvalue weighted by Gasteiger charge is 2.07. The summed E-state index contributed by atoms with van der Waals surface area (Å²) in [7, 11) is 3.19. The average molecular weight is 290 g/mol. The number of benzene rings is 1. The number of carboxylic acid groups (broad SMARTS) is 1. The molecule has 2 rings (SSSR count). The molecule has 8 nitrogen and oxygen atoms in total. The Hall–Kier alpha value is -2.90. The number of carboxylic acids is 1. The van der Waals surface area contributed by atoms with Gasteiger partial charge in [0.1, 0.15) is 11.5 Å². The molecule has 110 valence electrons. The third-order valence-electron chi connectivity index (χ3n) is 2.53. The molecule has 1 aromatic heterocycles. The molecule has 0 bridgehead atoms. The van der Waals surface area contributed by atoms with Crippen LogP contribution in [0.5, 0.6) is 11.5 Å². The van der Waals surface area contributed by atoms with Crippen molar-refractivity contribution in [3.8, 4) is 11.5 Å². The molecule has 1 heterocycles. The Morgan fingerprint density at radius 3 is 2.90 bits per heavy atom. The van der Waals surface area contributed by atoms with Crippen molar-refractivity contribution in [1.29, 1.82) is 0 Å². The van der Waals surface area contributed by atoms with E-state index in [0.29, 0.717) is 22.9 Å². The molecule has 0 spiro atoms. The highest BCUT2D eigenvalue weighted by molar-refractivity contribution is 5.86. The molecular weight excluding hydrogens is 276 g/mol. The van der Waals surface area contributed by atoms with Gasteiger partial charge in [0.2, 0.25) is 5.82 Å². The van der Waals surface area contributed by atoms with Crippen molar-refractivity contribution >= 4 is 12.0 Å². The van der Waals surface area contributed by atoms with Crippen LogP contribution in [0.25, 0.3) is 6.08 Å². The largest absolute Gasteiger partial charge is 0.497 e. The third-order valence-corrected chi connectivity index (χ3v) is 2.53. The molecule has 0 radical (unpaired) electrons. The fourth-order valence-corrected chi connectivity index (χ4v) is 1.60. The van der Waals surface area contributed by atoms with Gasteiger partial charge >= 0.3 is 5.97 Å². The fraction of sp³-hybridized carbons (Fsp3) is 0.231. The number of methoxy groups -OCH3 is 1. The maximum Gasteiger partial charge on any atom is 0.328 e. The number of rotatable bonds is 6. The first-order valence-electron chi connectivity index (χ1n) is 6.03. The lowest BCUT2D eigenvalue weighted by molar-refractivity contribution is -0.131. The first kappa shape index (κ1) is 14.5. The molecule has 0 aliphatic carbocycles. The Labute approximate surface area is 120 Å². The zero-order valence-electron chi connectivity index (χ0n) is 11.6. The van der Waals surface area contributed by atoms with Crippen LogP contribution in [0.15, 0.2) is 24.3 Å². The maximum atomic E-state index is 10.6. The fourth-order valence-electron chi connectivity index (χ4n) is 1.60. The molecule has 21 heavy (non-hydrogen) atoms. The van der Waals surface area contributed by atoms with E-state index in [2.05, 4.69) is 15.4 Å². The van der Waals surface area contributed by atoms with Gasteiger partial charge in [-0.2, -0.15) is 4.80 Å². The zero-order chi connectivity index (χ0) is 15.2. The van der Waals surface area contributed by atoms with Crippen LogP contribution in [0.3, 0.4) is 0 Å². The number of hydrogen-bond donors (Lipinski definition) is 1. The number of carbonyl (C=O) groups is 1. The minimum Gasteiger partial charge on any atom is -0.497 e. The van der Waals surface area contributed by atoms with Crippen LogP contribution in [-0.4, -0.2) is 38.4 Å². The van der Waals surface area contributed by atoms with E-state index in [-0.39, 0.29) is 6.61 Å². The van der Waals surface area contributed by atoms with Crippen LogP contribution < -0.4 is 9.47 Å². The topological polar surface area (TPSA) is 99.4 Å². The predicted octanol–water partition coefficient (Wildman–Crippen LogP) is 0.896. The van der Waals surface area contributed by atoms with E-state index in [4.69, 9.17) is 14.6 Å². The van der Waals surface area contributed by atoms with Crippen molar-refractivity contribution < 1.29 is 19.4 Å². The summed E-state index contributed by atoms with van der Waals surface area (Å²) in [6.07, 6.45) is 2.46. The molecule has 1 N–H and O–H groups in total. The van der Waals surface area contributed by atoms with Gasteiger partial charge in [-0.3, -0.25) is 0 Å². The molecule has 0 atom stereocenters. The van der Waals surface area contributed by atoms with E-state index in [9.17, 15) is 4.79 Å². The minimum atomic E-state index is -1.04.